The van der Waals surface area contributed by atoms with E-state index in [9.17, 15) is 0 Å². The van der Waals surface area contributed by atoms with Crippen LogP contribution in [0.5, 0.6) is 0 Å². The highest BCUT2D eigenvalue weighted by atomic mass is 15.2. The summed E-state index contributed by atoms with van der Waals surface area (Å²) >= 11 is 0. The zero-order chi connectivity index (χ0) is 13.1. The van der Waals surface area contributed by atoms with Crippen molar-refractivity contribution in [2.45, 2.75) is 39.3 Å². The second kappa shape index (κ2) is 5.81. The van der Waals surface area contributed by atoms with Gasteiger partial charge in [0.15, 0.2) is 0 Å². The van der Waals surface area contributed by atoms with Crippen LogP contribution in [0.1, 0.15) is 38.8 Å². The van der Waals surface area contributed by atoms with Crippen LogP contribution in [0.2, 0.25) is 0 Å². The minimum atomic E-state index is 0.187. The molecule has 2 heterocycles. The van der Waals surface area contributed by atoms with Gasteiger partial charge >= 0.3 is 0 Å². The van der Waals surface area contributed by atoms with Gasteiger partial charge in [-0.2, -0.15) is 0 Å². The predicted octanol–water partition coefficient (Wildman–Crippen LogP) is 2.45. The van der Waals surface area contributed by atoms with Crippen LogP contribution in [0.3, 0.4) is 0 Å². The SMILES string of the molecule is CCC(N)C(c1cccnc1)N1CC(C)C(C)C1. The molecular formula is C15H25N3. The fraction of sp³-hybridized carbons (Fsp3) is 0.667. The van der Waals surface area contributed by atoms with E-state index in [1.54, 1.807) is 0 Å². The van der Waals surface area contributed by atoms with E-state index >= 15 is 0 Å². The average Bonchev–Trinajstić information content (AvgIpc) is 2.70. The lowest BCUT2D eigenvalue weighted by atomic mass is 9.98. The van der Waals surface area contributed by atoms with Crippen LogP contribution in [-0.2, 0) is 0 Å². The van der Waals surface area contributed by atoms with Gasteiger partial charge in [-0.3, -0.25) is 9.88 Å². The van der Waals surface area contributed by atoms with Gasteiger partial charge in [-0.25, -0.2) is 0 Å². The number of hydrogen-bond donors (Lipinski definition) is 1. The van der Waals surface area contributed by atoms with Gasteiger partial charge in [0.05, 0.1) is 6.04 Å². The summed E-state index contributed by atoms with van der Waals surface area (Å²) in [5.74, 6) is 1.52. The molecule has 0 saturated carbocycles. The Kier molecular flexibility index (Phi) is 4.36. The molecule has 4 unspecified atom stereocenters. The van der Waals surface area contributed by atoms with Crippen molar-refractivity contribution in [1.29, 1.82) is 0 Å². The molecule has 0 spiro atoms. The van der Waals surface area contributed by atoms with Crippen LogP contribution in [0.25, 0.3) is 0 Å². The second-order valence-electron chi connectivity index (χ2n) is 5.71. The van der Waals surface area contributed by atoms with Crippen LogP contribution >= 0.6 is 0 Å². The van der Waals surface area contributed by atoms with Gasteiger partial charge in [-0.05, 0) is 29.9 Å². The van der Waals surface area contributed by atoms with Crippen molar-refractivity contribution < 1.29 is 0 Å². The molecule has 4 atom stereocenters. The zero-order valence-corrected chi connectivity index (χ0v) is 11.7. The van der Waals surface area contributed by atoms with Crippen LogP contribution in [-0.4, -0.2) is 29.0 Å². The number of nitrogens with zero attached hydrogens (tertiary/aromatic N) is 2. The number of likely N-dealkylation sites (tertiary alicyclic amines) is 1. The number of nitrogens with two attached hydrogens (primary N) is 1. The molecule has 1 aromatic rings. The lowest BCUT2D eigenvalue weighted by Crippen LogP contribution is -2.40. The summed E-state index contributed by atoms with van der Waals surface area (Å²) in [4.78, 5) is 6.79. The van der Waals surface area contributed by atoms with Crippen molar-refractivity contribution in [1.82, 2.24) is 9.88 Å². The van der Waals surface area contributed by atoms with Gasteiger partial charge in [0.2, 0.25) is 0 Å². The van der Waals surface area contributed by atoms with Gasteiger partial charge in [-0.15, -0.1) is 0 Å². The molecule has 18 heavy (non-hydrogen) atoms. The fourth-order valence-corrected chi connectivity index (χ4v) is 2.90. The summed E-state index contributed by atoms with van der Waals surface area (Å²) in [6.07, 6.45) is 4.79. The summed E-state index contributed by atoms with van der Waals surface area (Å²) in [6, 6.07) is 4.66. The van der Waals surface area contributed by atoms with Crippen LogP contribution in [0, 0.1) is 11.8 Å². The van der Waals surface area contributed by atoms with Gasteiger partial charge in [0.25, 0.3) is 0 Å². The van der Waals surface area contributed by atoms with Crippen molar-refractivity contribution in [3.05, 3.63) is 30.1 Å². The molecule has 0 radical (unpaired) electrons. The highest BCUT2D eigenvalue weighted by Crippen LogP contribution is 2.32. The summed E-state index contributed by atoms with van der Waals surface area (Å²) in [6.45, 7) is 9.13. The van der Waals surface area contributed by atoms with Crippen molar-refractivity contribution in [2.24, 2.45) is 17.6 Å². The summed E-state index contributed by atoms with van der Waals surface area (Å²) < 4.78 is 0. The molecule has 0 aliphatic carbocycles. The predicted molar refractivity (Wildman–Crippen MR) is 75.1 cm³/mol. The van der Waals surface area contributed by atoms with E-state index in [0.717, 1.165) is 31.3 Å². The Bertz CT molecular complexity index is 355. The first kappa shape index (κ1) is 13.5. The summed E-state index contributed by atoms with van der Waals surface area (Å²) in [5, 5.41) is 0. The van der Waals surface area contributed by atoms with E-state index in [2.05, 4.69) is 36.7 Å². The van der Waals surface area contributed by atoms with E-state index in [1.807, 2.05) is 18.5 Å². The van der Waals surface area contributed by atoms with E-state index in [-0.39, 0.29) is 6.04 Å². The molecule has 100 valence electrons. The van der Waals surface area contributed by atoms with E-state index in [4.69, 9.17) is 5.73 Å². The summed E-state index contributed by atoms with van der Waals surface area (Å²) in [5.41, 5.74) is 7.61. The van der Waals surface area contributed by atoms with Crippen LogP contribution in [0.15, 0.2) is 24.5 Å². The molecule has 2 N–H and O–H groups in total. The molecule has 0 aromatic carbocycles. The molecular weight excluding hydrogens is 222 g/mol. The van der Waals surface area contributed by atoms with Crippen molar-refractivity contribution in [3.63, 3.8) is 0 Å². The third-order valence-electron chi connectivity index (χ3n) is 4.31. The van der Waals surface area contributed by atoms with Crippen LogP contribution in [0.4, 0.5) is 0 Å². The van der Waals surface area contributed by atoms with E-state index in [0.29, 0.717) is 6.04 Å². The molecule has 3 heteroatoms. The maximum absolute atomic E-state index is 6.35. The first-order chi connectivity index (χ1) is 8.63. The lowest BCUT2D eigenvalue weighted by Gasteiger charge is -2.32. The minimum absolute atomic E-state index is 0.187. The lowest BCUT2D eigenvalue weighted by molar-refractivity contribution is 0.200. The quantitative estimate of drug-likeness (QED) is 0.888. The smallest absolute Gasteiger partial charge is 0.0514 e. The Morgan fingerprint density at radius 1 is 1.39 bits per heavy atom. The van der Waals surface area contributed by atoms with Gasteiger partial charge < -0.3 is 5.73 Å². The molecule has 1 saturated heterocycles. The Hall–Kier alpha value is -0.930. The van der Waals surface area contributed by atoms with Crippen molar-refractivity contribution in [3.8, 4) is 0 Å². The third-order valence-corrected chi connectivity index (χ3v) is 4.31. The number of hydrogen-bond acceptors (Lipinski definition) is 3. The molecule has 1 aliphatic heterocycles. The number of pyridine rings is 1. The highest BCUT2D eigenvalue weighted by Gasteiger charge is 2.34. The fourth-order valence-electron chi connectivity index (χ4n) is 2.90. The molecule has 0 amide bonds. The Morgan fingerprint density at radius 2 is 2.06 bits per heavy atom. The average molecular weight is 247 g/mol. The Balaban J connectivity index is 2.21. The molecule has 0 bridgehead atoms. The first-order valence-corrected chi connectivity index (χ1v) is 7.03. The maximum Gasteiger partial charge on any atom is 0.0514 e. The van der Waals surface area contributed by atoms with Gasteiger partial charge in [0.1, 0.15) is 0 Å². The van der Waals surface area contributed by atoms with Gasteiger partial charge in [0, 0.05) is 31.5 Å². The Morgan fingerprint density at radius 3 is 2.56 bits per heavy atom. The largest absolute Gasteiger partial charge is 0.326 e. The third kappa shape index (κ3) is 2.73. The topological polar surface area (TPSA) is 42.1 Å². The van der Waals surface area contributed by atoms with Crippen molar-refractivity contribution in [2.75, 3.05) is 13.1 Å². The minimum Gasteiger partial charge on any atom is -0.326 e. The standard InChI is InChI=1S/C15H25N3/c1-4-14(16)15(13-6-5-7-17-8-13)18-9-11(2)12(3)10-18/h5-8,11-12,14-15H,4,9-10,16H2,1-3H3. The number of aromatic nitrogens is 1. The van der Waals surface area contributed by atoms with Crippen LogP contribution < -0.4 is 5.73 Å². The maximum atomic E-state index is 6.35. The molecule has 1 aromatic heterocycles. The molecule has 2 rings (SSSR count). The first-order valence-electron chi connectivity index (χ1n) is 7.03. The second-order valence-corrected chi connectivity index (χ2v) is 5.71. The van der Waals surface area contributed by atoms with E-state index < -0.39 is 0 Å². The zero-order valence-electron chi connectivity index (χ0n) is 11.7. The molecule has 1 aliphatic rings. The van der Waals surface area contributed by atoms with Crippen molar-refractivity contribution >= 4 is 0 Å². The highest BCUT2D eigenvalue weighted by molar-refractivity contribution is 5.17. The molecule has 3 nitrogen and oxygen atoms in total. The molecule has 1 fully saturated rings. The van der Waals surface area contributed by atoms with E-state index in [1.165, 1.54) is 5.56 Å². The number of rotatable bonds is 4. The van der Waals surface area contributed by atoms with Gasteiger partial charge in [-0.1, -0.05) is 26.8 Å². The summed E-state index contributed by atoms with van der Waals surface area (Å²) in [7, 11) is 0. The normalized spacial score (nSPS) is 28.2. The Labute approximate surface area is 110 Å². The monoisotopic (exact) mass is 247 g/mol.